The molecule has 0 N–H and O–H groups in total. The van der Waals surface area contributed by atoms with Gasteiger partial charge in [-0.1, -0.05) is 0 Å². The van der Waals surface area contributed by atoms with Crippen molar-refractivity contribution in [1.82, 2.24) is 14.8 Å². The van der Waals surface area contributed by atoms with Crippen LogP contribution in [0.5, 0.6) is 0 Å². The minimum absolute atomic E-state index is 0.272. The molecule has 0 bridgehead atoms. The Kier molecular flexibility index (Phi) is 2.44. The Hall–Kier alpha value is -1.37. The van der Waals surface area contributed by atoms with Crippen molar-refractivity contribution in [3.05, 3.63) is 12.7 Å². The molecule has 0 aliphatic heterocycles. The third-order valence-electron chi connectivity index (χ3n) is 1.74. The van der Waals surface area contributed by atoms with Crippen molar-refractivity contribution in [3.8, 4) is 6.07 Å². The molecule has 0 saturated heterocycles. The van der Waals surface area contributed by atoms with Gasteiger partial charge in [-0.05, 0) is 20.3 Å². The first-order valence-corrected chi connectivity index (χ1v) is 3.88. The van der Waals surface area contributed by atoms with Crippen LogP contribution in [0.2, 0.25) is 0 Å². The molecule has 0 spiro atoms. The van der Waals surface area contributed by atoms with Crippen LogP contribution in [-0.4, -0.2) is 14.8 Å². The standard InChI is InChI=1S/C8H12N4/c1-8(2,5-9)3-4-12-7-10-6-11-12/h6-7H,3-4H2,1-2H3. The molecule has 0 saturated carbocycles. The monoisotopic (exact) mass is 164 g/mol. The van der Waals surface area contributed by atoms with Crippen LogP contribution in [0.1, 0.15) is 20.3 Å². The summed E-state index contributed by atoms with van der Waals surface area (Å²) in [7, 11) is 0. The zero-order valence-electron chi connectivity index (χ0n) is 7.36. The fourth-order valence-corrected chi connectivity index (χ4v) is 0.798. The van der Waals surface area contributed by atoms with Crippen LogP contribution in [0.4, 0.5) is 0 Å². The molecule has 12 heavy (non-hydrogen) atoms. The Morgan fingerprint density at radius 1 is 1.58 bits per heavy atom. The number of hydrogen-bond acceptors (Lipinski definition) is 3. The average molecular weight is 164 g/mol. The maximum atomic E-state index is 8.73. The van der Waals surface area contributed by atoms with Crippen LogP contribution in [0, 0.1) is 16.7 Å². The molecule has 0 fully saturated rings. The Morgan fingerprint density at radius 3 is 2.83 bits per heavy atom. The number of hydrogen-bond donors (Lipinski definition) is 0. The van der Waals surface area contributed by atoms with E-state index in [0.29, 0.717) is 0 Å². The van der Waals surface area contributed by atoms with E-state index in [-0.39, 0.29) is 5.41 Å². The van der Waals surface area contributed by atoms with Gasteiger partial charge < -0.3 is 0 Å². The van der Waals surface area contributed by atoms with E-state index in [4.69, 9.17) is 5.26 Å². The van der Waals surface area contributed by atoms with Gasteiger partial charge in [0.1, 0.15) is 12.7 Å². The van der Waals surface area contributed by atoms with E-state index in [0.717, 1.165) is 13.0 Å². The quantitative estimate of drug-likeness (QED) is 0.674. The van der Waals surface area contributed by atoms with E-state index in [9.17, 15) is 0 Å². The highest BCUT2D eigenvalue weighted by molar-refractivity contribution is 4.91. The molecule has 4 heteroatoms. The fraction of sp³-hybridized carbons (Fsp3) is 0.625. The molecule has 1 aromatic heterocycles. The van der Waals surface area contributed by atoms with Crippen LogP contribution in [0.25, 0.3) is 0 Å². The van der Waals surface area contributed by atoms with Crippen molar-refractivity contribution < 1.29 is 0 Å². The van der Waals surface area contributed by atoms with Crippen LogP contribution in [-0.2, 0) is 6.54 Å². The molecule has 64 valence electrons. The highest BCUT2D eigenvalue weighted by Gasteiger charge is 2.15. The van der Waals surface area contributed by atoms with Crippen molar-refractivity contribution in [3.63, 3.8) is 0 Å². The van der Waals surface area contributed by atoms with E-state index >= 15 is 0 Å². The van der Waals surface area contributed by atoms with Crippen molar-refractivity contribution in [2.75, 3.05) is 0 Å². The van der Waals surface area contributed by atoms with Gasteiger partial charge in [-0.25, -0.2) is 4.98 Å². The first kappa shape index (κ1) is 8.72. The van der Waals surface area contributed by atoms with Gasteiger partial charge in [0, 0.05) is 6.54 Å². The lowest BCUT2D eigenvalue weighted by atomic mass is 9.92. The predicted octanol–water partition coefficient (Wildman–Crippen LogP) is 1.22. The summed E-state index contributed by atoms with van der Waals surface area (Å²) >= 11 is 0. The number of aromatic nitrogens is 3. The molecule has 0 unspecified atom stereocenters. The Balaban J connectivity index is 2.42. The van der Waals surface area contributed by atoms with Crippen LogP contribution in [0.15, 0.2) is 12.7 Å². The zero-order valence-corrected chi connectivity index (χ0v) is 7.36. The normalized spacial score (nSPS) is 11.1. The summed E-state index contributed by atoms with van der Waals surface area (Å²) in [6.07, 6.45) is 3.96. The molecule has 1 aromatic rings. The zero-order chi connectivity index (χ0) is 9.03. The second-order valence-electron chi connectivity index (χ2n) is 3.40. The summed E-state index contributed by atoms with van der Waals surface area (Å²) in [6, 6.07) is 2.24. The summed E-state index contributed by atoms with van der Waals surface area (Å²) in [5.74, 6) is 0. The number of aryl methyl sites for hydroxylation is 1. The maximum absolute atomic E-state index is 8.73. The molecule has 0 radical (unpaired) electrons. The molecule has 1 rings (SSSR count). The van der Waals surface area contributed by atoms with Crippen molar-refractivity contribution in [1.29, 1.82) is 5.26 Å². The number of rotatable bonds is 3. The minimum atomic E-state index is -0.272. The van der Waals surface area contributed by atoms with Gasteiger partial charge in [0.15, 0.2) is 0 Å². The van der Waals surface area contributed by atoms with E-state index in [1.165, 1.54) is 6.33 Å². The Labute approximate surface area is 71.8 Å². The fourth-order valence-electron chi connectivity index (χ4n) is 0.798. The van der Waals surface area contributed by atoms with Gasteiger partial charge in [0.2, 0.25) is 0 Å². The molecular formula is C8H12N4. The van der Waals surface area contributed by atoms with Crippen molar-refractivity contribution in [2.24, 2.45) is 5.41 Å². The topological polar surface area (TPSA) is 54.5 Å². The van der Waals surface area contributed by atoms with Crippen molar-refractivity contribution in [2.45, 2.75) is 26.8 Å². The van der Waals surface area contributed by atoms with E-state index in [2.05, 4.69) is 16.2 Å². The lowest BCUT2D eigenvalue weighted by Gasteiger charge is -2.13. The van der Waals surface area contributed by atoms with Crippen LogP contribution < -0.4 is 0 Å². The van der Waals surface area contributed by atoms with Gasteiger partial charge in [-0.2, -0.15) is 10.4 Å². The molecular weight excluding hydrogens is 152 g/mol. The van der Waals surface area contributed by atoms with E-state index in [1.807, 2.05) is 13.8 Å². The molecule has 0 aliphatic rings. The molecule has 0 aliphatic carbocycles. The lowest BCUT2D eigenvalue weighted by molar-refractivity contribution is 0.398. The summed E-state index contributed by atoms with van der Waals surface area (Å²) in [5, 5.41) is 12.7. The number of nitriles is 1. The smallest absolute Gasteiger partial charge is 0.137 e. The third-order valence-corrected chi connectivity index (χ3v) is 1.74. The Bertz CT molecular complexity index is 268. The Morgan fingerprint density at radius 2 is 2.33 bits per heavy atom. The minimum Gasteiger partial charge on any atom is -0.253 e. The molecule has 0 atom stereocenters. The van der Waals surface area contributed by atoms with Crippen LogP contribution >= 0.6 is 0 Å². The molecule has 1 heterocycles. The third kappa shape index (κ3) is 2.35. The SMILES string of the molecule is CC(C)(C#N)CCn1cncn1. The highest BCUT2D eigenvalue weighted by Crippen LogP contribution is 2.18. The first-order valence-electron chi connectivity index (χ1n) is 3.88. The summed E-state index contributed by atoms with van der Waals surface area (Å²) in [6.45, 7) is 4.59. The van der Waals surface area contributed by atoms with Gasteiger partial charge in [0.05, 0.1) is 11.5 Å². The first-order chi connectivity index (χ1) is 5.64. The summed E-state index contributed by atoms with van der Waals surface area (Å²) < 4.78 is 1.74. The van der Waals surface area contributed by atoms with Gasteiger partial charge in [-0.3, -0.25) is 4.68 Å². The highest BCUT2D eigenvalue weighted by atomic mass is 15.3. The maximum Gasteiger partial charge on any atom is 0.137 e. The molecule has 4 nitrogen and oxygen atoms in total. The summed E-state index contributed by atoms with van der Waals surface area (Å²) in [5.41, 5.74) is -0.272. The van der Waals surface area contributed by atoms with E-state index in [1.54, 1.807) is 11.0 Å². The molecule has 0 aromatic carbocycles. The average Bonchev–Trinajstić information content (AvgIpc) is 2.53. The van der Waals surface area contributed by atoms with Gasteiger partial charge in [0.25, 0.3) is 0 Å². The predicted molar refractivity (Wildman–Crippen MR) is 44.0 cm³/mol. The second-order valence-corrected chi connectivity index (χ2v) is 3.40. The van der Waals surface area contributed by atoms with Gasteiger partial charge >= 0.3 is 0 Å². The molecule has 0 amide bonds. The largest absolute Gasteiger partial charge is 0.253 e. The lowest BCUT2D eigenvalue weighted by Crippen LogP contribution is -2.12. The second kappa shape index (κ2) is 3.35. The van der Waals surface area contributed by atoms with Crippen molar-refractivity contribution >= 4 is 0 Å². The number of nitrogens with zero attached hydrogens (tertiary/aromatic N) is 4. The van der Waals surface area contributed by atoms with Gasteiger partial charge in [-0.15, -0.1) is 0 Å². The van der Waals surface area contributed by atoms with E-state index < -0.39 is 0 Å². The summed E-state index contributed by atoms with van der Waals surface area (Å²) in [4.78, 5) is 3.82. The van der Waals surface area contributed by atoms with Crippen LogP contribution in [0.3, 0.4) is 0 Å².